The number of hydrogen-bond acceptors (Lipinski definition) is 3. The number of nitrogens with zero attached hydrogens (tertiary/aromatic N) is 4. The molecule has 0 radical (unpaired) electrons. The molecule has 11 aromatic rings. The minimum Gasteiger partial charge on any atom is -0.307 e. The quantitative estimate of drug-likeness (QED) is 0.187. The van der Waals surface area contributed by atoms with E-state index in [1.807, 2.05) is 23.5 Å². The molecular weight excluding hydrogens is 641 g/mol. The number of hydrogen-bond donors (Lipinski definition) is 0. The van der Waals surface area contributed by atoms with Gasteiger partial charge in [0.15, 0.2) is 0 Å². The van der Waals surface area contributed by atoms with E-state index in [9.17, 15) is 0 Å². The van der Waals surface area contributed by atoms with Crippen molar-refractivity contribution in [1.82, 2.24) is 19.1 Å². The zero-order chi connectivity index (χ0) is 33.5. The molecule has 4 nitrogen and oxygen atoms in total. The average molecular weight is 669 g/mol. The maximum Gasteiger partial charge on any atom is 0.235 e. The number of aromatic nitrogens is 4. The van der Waals surface area contributed by atoms with Gasteiger partial charge in [-0.1, -0.05) is 133 Å². The van der Waals surface area contributed by atoms with Crippen LogP contribution in [0.2, 0.25) is 0 Å². The van der Waals surface area contributed by atoms with Crippen molar-refractivity contribution in [2.75, 3.05) is 0 Å². The van der Waals surface area contributed by atoms with E-state index >= 15 is 0 Å². The van der Waals surface area contributed by atoms with Gasteiger partial charge in [0, 0.05) is 58.5 Å². The van der Waals surface area contributed by atoms with Crippen molar-refractivity contribution < 1.29 is 0 Å². The summed E-state index contributed by atoms with van der Waals surface area (Å²) in [6.45, 7) is 0. The van der Waals surface area contributed by atoms with Gasteiger partial charge in [-0.05, 0) is 36.4 Å². The van der Waals surface area contributed by atoms with Crippen molar-refractivity contribution in [2.24, 2.45) is 0 Å². The molecule has 0 amide bonds. The highest BCUT2D eigenvalue weighted by Gasteiger charge is 2.27. The minimum absolute atomic E-state index is 0.645. The van der Waals surface area contributed by atoms with Crippen LogP contribution in [0.1, 0.15) is 0 Å². The van der Waals surface area contributed by atoms with Crippen LogP contribution in [0.3, 0.4) is 0 Å². The number of benzene rings is 7. The lowest BCUT2D eigenvalue weighted by atomic mass is 10.0. The van der Waals surface area contributed by atoms with Crippen LogP contribution in [0, 0.1) is 0 Å². The van der Waals surface area contributed by atoms with Crippen molar-refractivity contribution in [2.45, 2.75) is 0 Å². The SMILES string of the molecule is c1ccc(-c2cc(-c3ccccc3)nc(-n3c4ccccc4c4c5c6ccccc6sc5c5c6ccccc6n(-c6ccccc6)c5c43)n2)cc1. The van der Waals surface area contributed by atoms with Crippen LogP contribution in [0.5, 0.6) is 0 Å². The number of para-hydroxylation sites is 3. The van der Waals surface area contributed by atoms with E-state index in [-0.39, 0.29) is 0 Å². The zero-order valence-corrected chi connectivity index (χ0v) is 28.2. The molecule has 5 heteroatoms. The smallest absolute Gasteiger partial charge is 0.235 e. The average Bonchev–Trinajstić information content (AvgIpc) is 3.87. The van der Waals surface area contributed by atoms with Gasteiger partial charge in [0.2, 0.25) is 5.95 Å². The molecule has 0 unspecified atom stereocenters. The molecule has 0 spiro atoms. The molecule has 0 saturated carbocycles. The van der Waals surface area contributed by atoms with Gasteiger partial charge in [0.25, 0.3) is 0 Å². The van der Waals surface area contributed by atoms with Crippen LogP contribution in [0.4, 0.5) is 0 Å². The molecule has 4 aromatic heterocycles. The molecule has 0 bridgehead atoms. The molecule has 7 aromatic carbocycles. The Labute approximate surface area is 297 Å². The summed E-state index contributed by atoms with van der Waals surface area (Å²) in [4.78, 5) is 10.8. The highest BCUT2D eigenvalue weighted by Crippen LogP contribution is 2.51. The standard InChI is InChI=1S/C46H28N4S/c1-4-16-29(17-5-1)35-28-36(30-18-6-2-7-19-30)48-46(47-35)50-38-26-14-10-22-32(38)40-41-34-24-12-15-27-39(34)51-45(41)42-33-23-11-13-25-37(33)49(44(42)43(40)50)31-20-8-3-9-21-31/h1-28H. The minimum atomic E-state index is 0.645. The molecule has 4 heterocycles. The molecule has 11 rings (SSSR count). The van der Waals surface area contributed by atoms with Crippen LogP contribution in [-0.4, -0.2) is 19.1 Å². The molecular formula is C46H28N4S. The largest absolute Gasteiger partial charge is 0.307 e. The van der Waals surface area contributed by atoms with Gasteiger partial charge in [-0.15, -0.1) is 11.3 Å². The predicted molar refractivity (Wildman–Crippen MR) is 214 cm³/mol. The molecule has 238 valence electrons. The van der Waals surface area contributed by atoms with Gasteiger partial charge in [-0.3, -0.25) is 4.57 Å². The Balaban J connectivity index is 1.42. The summed E-state index contributed by atoms with van der Waals surface area (Å²) in [6.07, 6.45) is 0. The van der Waals surface area contributed by atoms with E-state index in [0.717, 1.165) is 44.8 Å². The van der Waals surface area contributed by atoms with Crippen molar-refractivity contribution in [3.8, 4) is 34.2 Å². The van der Waals surface area contributed by atoms with Gasteiger partial charge >= 0.3 is 0 Å². The summed E-state index contributed by atoms with van der Waals surface area (Å²) < 4.78 is 7.36. The first kappa shape index (κ1) is 28.3. The molecule has 51 heavy (non-hydrogen) atoms. The lowest BCUT2D eigenvalue weighted by Gasteiger charge is -2.14. The van der Waals surface area contributed by atoms with Gasteiger partial charge in [0.1, 0.15) is 0 Å². The van der Waals surface area contributed by atoms with Crippen LogP contribution in [-0.2, 0) is 0 Å². The van der Waals surface area contributed by atoms with Crippen molar-refractivity contribution >= 4 is 75.1 Å². The molecule has 0 fully saturated rings. The third-order valence-corrected chi connectivity index (χ3v) is 11.3. The molecule has 0 aliphatic carbocycles. The van der Waals surface area contributed by atoms with E-state index in [2.05, 4.69) is 167 Å². The van der Waals surface area contributed by atoms with E-state index in [1.54, 1.807) is 0 Å². The summed E-state index contributed by atoms with van der Waals surface area (Å²) >= 11 is 1.89. The number of fused-ring (bicyclic) bond motifs is 12. The first-order valence-electron chi connectivity index (χ1n) is 17.2. The lowest BCUT2D eigenvalue weighted by Crippen LogP contribution is -2.05. The van der Waals surface area contributed by atoms with Crippen molar-refractivity contribution in [1.29, 1.82) is 0 Å². The molecule has 0 saturated heterocycles. The Morgan fingerprint density at radius 3 is 1.55 bits per heavy atom. The summed E-state index contributed by atoms with van der Waals surface area (Å²) in [5, 5.41) is 7.45. The maximum atomic E-state index is 5.41. The predicted octanol–water partition coefficient (Wildman–Crippen LogP) is 12.4. The Morgan fingerprint density at radius 2 is 0.902 bits per heavy atom. The van der Waals surface area contributed by atoms with Crippen LogP contribution >= 0.6 is 11.3 Å². The fraction of sp³-hybridized carbons (Fsp3) is 0. The van der Waals surface area contributed by atoms with Crippen LogP contribution < -0.4 is 0 Å². The van der Waals surface area contributed by atoms with E-state index < -0.39 is 0 Å². The summed E-state index contributed by atoms with van der Waals surface area (Å²) in [6, 6.07) is 60.2. The number of thiophene rings is 1. The second kappa shape index (κ2) is 11.0. The topological polar surface area (TPSA) is 35.6 Å². The second-order valence-corrected chi connectivity index (χ2v) is 14.0. The van der Waals surface area contributed by atoms with Crippen molar-refractivity contribution in [3.05, 3.63) is 170 Å². The van der Waals surface area contributed by atoms with Crippen LogP contribution in [0.15, 0.2) is 170 Å². The monoisotopic (exact) mass is 668 g/mol. The molecule has 0 aliphatic rings. The van der Waals surface area contributed by atoms with Gasteiger partial charge < -0.3 is 4.57 Å². The van der Waals surface area contributed by atoms with E-state index in [1.165, 1.54) is 47.2 Å². The first-order chi connectivity index (χ1) is 25.3. The highest BCUT2D eigenvalue weighted by molar-refractivity contribution is 7.27. The maximum absolute atomic E-state index is 5.41. The van der Waals surface area contributed by atoms with Gasteiger partial charge in [-0.25, -0.2) is 9.97 Å². The third-order valence-electron chi connectivity index (χ3n) is 10.1. The van der Waals surface area contributed by atoms with Crippen molar-refractivity contribution in [3.63, 3.8) is 0 Å². The Morgan fingerprint density at radius 1 is 0.412 bits per heavy atom. The zero-order valence-electron chi connectivity index (χ0n) is 27.4. The summed E-state index contributed by atoms with van der Waals surface area (Å²) in [5.74, 6) is 0.645. The molecule has 0 aliphatic heterocycles. The third kappa shape index (κ3) is 4.13. The summed E-state index contributed by atoms with van der Waals surface area (Å²) in [5.41, 5.74) is 9.49. The van der Waals surface area contributed by atoms with Crippen LogP contribution in [0.25, 0.3) is 97.9 Å². The number of rotatable bonds is 4. The fourth-order valence-electron chi connectivity index (χ4n) is 7.98. The summed E-state index contributed by atoms with van der Waals surface area (Å²) in [7, 11) is 0. The van der Waals surface area contributed by atoms with E-state index in [0.29, 0.717) is 5.95 Å². The lowest BCUT2D eigenvalue weighted by molar-refractivity contribution is 0.995. The molecule has 0 N–H and O–H groups in total. The Hall–Kier alpha value is -6.56. The van der Waals surface area contributed by atoms with Gasteiger partial charge in [-0.2, -0.15) is 0 Å². The Kier molecular flexibility index (Phi) is 6.09. The fourth-order valence-corrected chi connectivity index (χ4v) is 9.25. The second-order valence-electron chi connectivity index (χ2n) is 13.0. The molecule has 0 atom stereocenters. The normalized spacial score (nSPS) is 11.9. The Bertz CT molecular complexity index is 3060. The van der Waals surface area contributed by atoms with E-state index in [4.69, 9.17) is 9.97 Å². The van der Waals surface area contributed by atoms with Gasteiger partial charge in [0.05, 0.1) is 33.5 Å². The first-order valence-corrected chi connectivity index (χ1v) is 18.0. The highest BCUT2D eigenvalue weighted by atomic mass is 32.1.